The molecule has 3 rings (SSSR count). The van der Waals surface area contributed by atoms with Crippen LogP contribution in [0.25, 0.3) is 10.9 Å². The molecule has 0 amide bonds. The van der Waals surface area contributed by atoms with E-state index >= 15 is 0 Å². The monoisotopic (exact) mass is 324 g/mol. The zero-order valence-corrected chi connectivity index (χ0v) is 13.8. The van der Waals surface area contributed by atoms with Crippen LogP contribution in [0.15, 0.2) is 54.7 Å². The van der Waals surface area contributed by atoms with Crippen LogP contribution in [0.4, 0.5) is 0 Å². The van der Waals surface area contributed by atoms with E-state index in [9.17, 15) is 10.1 Å². The number of ether oxygens (including phenoxy) is 1. The van der Waals surface area contributed by atoms with Gasteiger partial charge in [-0.25, -0.2) is 0 Å². The summed E-state index contributed by atoms with van der Waals surface area (Å²) in [6.45, 7) is 3.76. The number of hydrogen-bond acceptors (Lipinski definition) is 3. The van der Waals surface area contributed by atoms with Crippen LogP contribution in [0.3, 0.4) is 0 Å². The number of rotatable bonds is 6. The molecule has 0 saturated heterocycles. The molecule has 0 fully saturated rings. The third kappa shape index (κ3) is 3.25. The largest absolute Gasteiger partial charge is 0.487 e. The first kappa shape index (κ1) is 16.1. The number of aromatic nitrogens is 1. The molecule has 0 aliphatic heterocycles. The van der Waals surface area contributed by atoms with Crippen molar-refractivity contribution in [1.82, 2.24) is 4.98 Å². The molecular weight excluding hydrogens is 304 g/mol. The highest BCUT2D eigenvalue weighted by atomic mass is 16.6. The summed E-state index contributed by atoms with van der Waals surface area (Å²) in [5.74, 6) is 0.751. The molecule has 0 spiro atoms. The summed E-state index contributed by atoms with van der Waals surface area (Å²) in [6.07, 6.45) is 2.20. The van der Waals surface area contributed by atoms with Crippen LogP contribution in [0.5, 0.6) is 5.75 Å². The van der Waals surface area contributed by atoms with Gasteiger partial charge in [-0.1, -0.05) is 42.5 Å². The molecule has 2 aromatic carbocycles. The first-order valence-electron chi connectivity index (χ1n) is 7.87. The van der Waals surface area contributed by atoms with Gasteiger partial charge in [0, 0.05) is 36.8 Å². The van der Waals surface area contributed by atoms with Crippen molar-refractivity contribution in [3.8, 4) is 5.75 Å². The molecule has 0 radical (unpaired) electrons. The summed E-state index contributed by atoms with van der Waals surface area (Å²) in [7, 11) is 0. The Kier molecular flexibility index (Phi) is 4.25. The third-order valence-corrected chi connectivity index (χ3v) is 4.12. The van der Waals surface area contributed by atoms with Gasteiger partial charge in [-0.2, -0.15) is 0 Å². The summed E-state index contributed by atoms with van der Waals surface area (Å²) in [5.41, 5.74) is 1.89. The van der Waals surface area contributed by atoms with Crippen LogP contribution in [0, 0.1) is 10.1 Å². The molecule has 1 N–H and O–H groups in total. The molecule has 24 heavy (non-hydrogen) atoms. The number of hydrogen-bond donors (Lipinski definition) is 1. The predicted molar refractivity (Wildman–Crippen MR) is 93.9 cm³/mol. The second-order valence-corrected chi connectivity index (χ2v) is 6.51. The number of aromatic amines is 1. The lowest BCUT2D eigenvalue weighted by Crippen LogP contribution is -2.33. The Hall–Kier alpha value is -2.82. The molecule has 5 nitrogen and oxygen atoms in total. The van der Waals surface area contributed by atoms with Gasteiger partial charge in [0.15, 0.2) is 0 Å². The van der Waals surface area contributed by atoms with Crippen LogP contribution < -0.4 is 4.74 Å². The zero-order chi connectivity index (χ0) is 17.2. The molecule has 1 aromatic heterocycles. The first-order chi connectivity index (χ1) is 11.5. The van der Waals surface area contributed by atoms with E-state index in [0.717, 1.165) is 27.8 Å². The molecule has 0 aliphatic rings. The van der Waals surface area contributed by atoms with Gasteiger partial charge in [0.25, 0.3) is 0 Å². The van der Waals surface area contributed by atoms with Gasteiger partial charge in [-0.3, -0.25) is 10.1 Å². The van der Waals surface area contributed by atoms with Crippen molar-refractivity contribution in [2.45, 2.75) is 32.4 Å². The SMILES string of the molecule is CC(C)(Cc1c[nH]c2c(OCc3ccccc3)cccc12)[N+](=O)[O-]. The van der Waals surface area contributed by atoms with E-state index in [1.54, 1.807) is 13.8 Å². The summed E-state index contributed by atoms with van der Waals surface area (Å²) >= 11 is 0. The van der Waals surface area contributed by atoms with Crippen LogP contribution in [-0.2, 0) is 13.0 Å². The standard InChI is InChI=1S/C19H20N2O3/c1-19(2,21(22)23)11-15-12-20-18-16(15)9-6-10-17(18)24-13-14-7-4-3-5-8-14/h3-10,12,20H,11,13H2,1-2H3. The molecule has 0 aliphatic carbocycles. The van der Waals surface area contributed by atoms with Crippen molar-refractivity contribution >= 4 is 10.9 Å². The Bertz CT molecular complexity index is 853. The van der Waals surface area contributed by atoms with E-state index in [4.69, 9.17) is 4.74 Å². The Balaban J connectivity index is 1.85. The molecule has 5 heteroatoms. The smallest absolute Gasteiger partial charge is 0.220 e. The average molecular weight is 324 g/mol. The van der Waals surface area contributed by atoms with E-state index in [-0.39, 0.29) is 4.92 Å². The number of para-hydroxylation sites is 1. The maximum absolute atomic E-state index is 11.2. The van der Waals surface area contributed by atoms with Crippen molar-refractivity contribution in [3.05, 3.63) is 76.0 Å². The van der Waals surface area contributed by atoms with Crippen molar-refractivity contribution in [2.24, 2.45) is 0 Å². The Labute approximate surface area is 140 Å². The summed E-state index contributed by atoms with van der Waals surface area (Å²) in [5, 5.41) is 12.1. The quantitative estimate of drug-likeness (QED) is 0.541. The van der Waals surface area contributed by atoms with Crippen molar-refractivity contribution < 1.29 is 9.66 Å². The summed E-state index contributed by atoms with van der Waals surface area (Å²) < 4.78 is 5.93. The summed E-state index contributed by atoms with van der Waals surface area (Å²) in [6, 6.07) is 15.7. The highest BCUT2D eigenvalue weighted by Crippen LogP contribution is 2.30. The highest BCUT2D eigenvalue weighted by Gasteiger charge is 2.32. The molecule has 0 bridgehead atoms. The minimum Gasteiger partial charge on any atom is -0.487 e. The Morgan fingerprint density at radius 3 is 2.58 bits per heavy atom. The maximum Gasteiger partial charge on any atom is 0.220 e. The van der Waals surface area contributed by atoms with Gasteiger partial charge in [0.1, 0.15) is 12.4 Å². The van der Waals surface area contributed by atoms with Crippen molar-refractivity contribution in [2.75, 3.05) is 0 Å². The fourth-order valence-electron chi connectivity index (χ4n) is 2.72. The van der Waals surface area contributed by atoms with E-state index in [1.165, 1.54) is 0 Å². The minimum absolute atomic E-state index is 0.235. The molecule has 0 unspecified atom stereocenters. The lowest BCUT2D eigenvalue weighted by Gasteiger charge is -2.14. The van der Waals surface area contributed by atoms with Gasteiger partial charge in [-0.05, 0) is 17.2 Å². The van der Waals surface area contributed by atoms with Crippen LogP contribution >= 0.6 is 0 Å². The first-order valence-corrected chi connectivity index (χ1v) is 7.87. The van der Waals surface area contributed by atoms with Crippen molar-refractivity contribution in [3.63, 3.8) is 0 Å². The summed E-state index contributed by atoms with van der Waals surface area (Å²) in [4.78, 5) is 14.2. The minimum atomic E-state index is -1.00. The topological polar surface area (TPSA) is 68.2 Å². The fraction of sp³-hybridized carbons (Fsp3) is 0.263. The van der Waals surface area contributed by atoms with Gasteiger partial charge in [-0.15, -0.1) is 0 Å². The third-order valence-electron chi connectivity index (χ3n) is 4.12. The van der Waals surface area contributed by atoms with Crippen LogP contribution in [0.2, 0.25) is 0 Å². The molecule has 124 valence electrons. The van der Waals surface area contributed by atoms with E-state index in [1.807, 2.05) is 54.7 Å². The van der Waals surface area contributed by atoms with Crippen molar-refractivity contribution in [1.29, 1.82) is 0 Å². The van der Waals surface area contributed by atoms with E-state index in [2.05, 4.69) is 4.98 Å². The van der Waals surface area contributed by atoms with Gasteiger partial charge >= 0.3 is 0 Å². The Morgan fingerprint density at radius 2 is 1.88 bits per heavy atom. The molecule has 3 aromatic rings. The predicted octanol–water partition coefficient (Wildman–Crippen LogP) is 4.34. The zero-order valence-electron chi connectivity index (χ0n) is 13.8. The van der Waals surface area contributed by atoms with Gasteiger partial charge < -0.3 is 9.72 Å². The lowest BCUT2D eigenvalue weighted by atomic mass is 9.95. The number of benzene rings is 2. The number of nitrogens with one attached hydrogen (secondary N) is 1. The number of H-pyrrole nitrogens is 1. The highest BCUT2D eigenvalue weighted by molar-refractivity contribution is 5.88. The number of nitro groups is 1. The van der Waals surface area contributed by atoms with Crippen LogP contribution in [0.1, 0.15) is 25.0 Å². The van der Waals surface area contributed by atoms with Gasteiger partial charge in [0.2, 0.25) is 5.54 Å². The second kappa shape index (κ2) is 6.35. The maximum atomic E-state index is 11.2. The lowest BCUT2D eigenvalue weighted by molar-refractivity contribution is -0.560. The Morgan fingerprint density at radius 1 is 1.12 bits per heavy atom. The van der Waals surface area contributed by atoms with E-state index in [0.29, 0.717) is 13.0 Å². The van der Waals surface area contributed by atoms with E-state index < -0.39 is 5.54 Å². The average Bonchev–Trinajstić information content (AvgIpc) is 2.97. The molecule has 0 atom stereocenters. The van der Waals surface area contributed by atoms with Crippen LogP contribution in [-0.4, -0.2) is 15.4 Å². The normalized spacial score (nSPS) is 11.6. The molecule has 1 heterocycles. The molecule has 0 saturated carbocycles. The molecular formula is C19H20N2O3. The number of nitrogens with zero attached hydrogens (tertiary/aromatic N) is 1. The number of fused-ring (bicyclic) bond motifs is 1. The fourth-order valence-corrected chi connectivity index (χ4v) is 2.72. The van der Waals surface area contributed by atoms with Gasteiger partial charge in [0.05, 0.1) is 5.52 Å². The second-order valence-electron chi connectivity index (χ2n) is 6.51.